The van der Waals surface area contributed by atoms with E-state index in [1.54, 1.807) is 24.3 Å². The standard InChI is InChI=1S/C15H18O4/c1-5-7-18-12-9-13(17-4)15(11(3)16)14(10-12)19-8-6-2/h5-6,9-10H,1-2,7-8H2,3-4H3. The zero-order valence-electron chi connectivity index (χ0n) is 11.3. The summed E-state index contributed by atoms with van der Waals surface area (Å²) >= 11 is 0. The summed E-state index contributed by atoms with van der Waals surface area (Å²) in [4.78, 5) is 11.7. The number of Topliss-reactive ketones (excluding diaryl/α,β-unsaturated/α-hetero) is 1. The van der Waals surface area contributed by atoms with Crippen LogP contribution in [0.5, 0.6) is 17.2 Å². The number of benzene rings is 1. The van der Waals surface area contributed by atoms with Crippen LogP contribution in [-0.2, 0) is 0 Å². The Kier molecular flexibility index (Phi) is 5.67. The summed E-state index contributed by atoms with van der Waals surface area (Å²) in [6.07, 6.45) is 3.24. The van der Waals surface area contributed by atoms with E-state index in [1.165, 1.54) is 14.0 Å². The topological polar surface area (TPSA) is 44.8 Å². The lowest BCUT2D eigenvalue weighted by Gasteiger charge is -2.14. The third-order valence-electron chi connectivity index (χ3n) is 2.34. The molecule has 1 aromatic carbocycles. The van der Waals surface area contributed by atoms with E-state index in [9.17, 15) is 4.79 Å². The Bertz CT molecular complexity index is 477. The highest BCUT2D eigenvalue weighted by Crippen LogP contribution is 2.34. The Labute approximate surface area is 113 Å². The molecule has 4 heteroatoms. The molecule has 0 amide bonds. The third-order valence-corrected chi connectivity index (χ3v) is 2.34. The van der Waals surface area contributed by atoms with Gasteiger partial charge in [0.25, 0.3) is 0 Å². The second kappa shape index (κ2) is 7.26. The molecule has 0 heterocycles. The number of hydrogen-bond acceptors (Lipinski definition) is 4. The van der Waals surface area contributed by atoms with Gasteiger partial charge in [-0.2, -0.15) is 0 Å². The summed E-state index contributed by atoms with van der Waals surface area (Å²) in [6.45, 7) is 9.29. The Morgan fingerprint density at radius 2 is 1.74 bits per heavy atom. The summed E-state index contributed by atoms with van der Waals surface area (Å²) in [6, 6.07) is 3.31. The fourth-order valence-corrected chi connectivity index (χ4v) is 1.57. The van der Waals surface area contributed by atoms with Crippen LogP contribution in [-0.4, -0.2) is 26.1 Å². The van der Waals surface area contributed by atoms with Crippen molar-refractivity contribution in [3.63, 3.8) is 0 Å². The highest BCUT2D eigenvalue weighted by molar-refractivity contribution is 6.00. The van der Waals surface area contributed by atoms with Crippen LogP contribution < -0.4 is 14.2 Å². The summed E-state index contributed by atoms with van der Waals surface area (Å²) in [7, 11) is 1.50. The van der Waals surface area contributed by atoms with E-state index >= 15 is 0 Å². The third kappa shape index (κ3) is 3.88. The van der Waals surface area contributed by atoms with E-state index in [0.29, 0.717) is 36.0 Å². The quantitative estimate of drug-likeness (QED) is 0.533. The van der Waals surface area contributed by atoms with Gasteiger partial charge in [0.05, 0.1) is 7.11 Å². The van der Waals surface area contributed by atoms with Crippen LogP contribution in [0.25, 0.3) is 0 Å². The van der Waals surface area contributed by atoms with E-state index in [0.717, 1.165) is 0 Å². The first kappa shape index (κ1) is 14.8. The van der Waals surface area contributed by atoms with E-state index in [1.807, 2.05) is 0 Å². The molecule has 1 aromatic rings. The molecule has 0 saturated heterocycles. The lowest BCUT2D eigenvalue weighted by molar-refractivity contribution is 0.101. The maximum atomic E-state index is 11.7. The van der Waals surface area contributed by atoms with Gasteiger partial charge in [-0.05, 0) is 6.92 Å². The largest absolute Gasteiger partial charge is 0.496 e. The zero-order chi connectivity index (χ0) is 14.3. The molecule has 0 aliphatic carbocycles. The van der Waals surface area contributed by atoms with Crippen LogP contribution in [0.1, 0.15) is 17.3 Å². The zero-order valence-corrected chi connectivity index (χ0v) is 11.3. The Morgan fingerprint density at radius 3 is 2.26 bits per heavy atom. The fourth-order valence-electron chi connectivity index (χ4n) is 1.57. The van der Waals surface area contributed by atoms with Gasteiger partial charge < -0.3 is 14.2 Å². The molecular weight excluding hydrogens is 244 g/mol. The lowest BCUT2D eigenvalue weighted by Crippen LogP contribution is -2.05. The fraction of sp³-hybridized carbons (Fsp3) is 0.267. The number of carbonyl (C=O) groups is 1. The van der Waals surface area contributed by atoms with Gasteiger partial charge in [0.15, 0.2) is 5.78 Å². The molecule has 0 bridgehead atoms. The monoisotopic (exact) mass is 262 g/mol. The molecule has 0 fully saturated rings. The Hall–Kier alpha value is -2.23. The molecular formula is C15H18O4. The molecule has 1 rings (SSSR count). The van der Waals surface area contributed by atoms with Gasteiger partial charge in [0.1, 0.15) is 36.0 Å². The minimum atomic E-state index is -0.133. The van der Waals surface area contributed by atoms with Crippen molar-refractivity contribution < 1.29 is 19.0 Å². The molecule has 0 unspecified atom stereocenters. The second-order valence-corrected chi connectivity index (χ2v) is 3.75. The van der Waals surface area contributed by atoms with Gasteiger partial charge in [-0.15, -0.1) is 0 Å². The van der Waals surface area contributed by atoms with E-state index in [-0.39, 0.29) is 5.78 Å². The molecule has 0 N–H and O–H groups in total. The van der Waals surface area contributed by atoms with Crippen molar-refractivity contribution in [2.45, 2.75) is 6.92 Å². The first-order valence-corrected chi connectivity index (χ1v) is 5.84. The van der Waals surface area contributed by atoms with Crippen molar-refractivity contribution in [2.24, 2.45) is 0 Å². The van der Waals surface area contributed by atoms with Gasteiger partial charge >= 0.3 is 0 Å². The molecule has 0 saturated carbocycles. The number of methoxy groups -OCH3 is 1. The summed E-state index contributed by atoms with van der Waals surface area (Å²) in [5.41, 5.74) is 0.398. The van der Waals surface area contributed by atoms with Crippen LogP contribution >= 0.6 is 0 Å². The average molecular weight is 262 g/mol. The molecule has 19 heavy (non-hydrogen) atoms. The lowest BCUT2D eigenvalue weighted by atomic mass is 10.1. The predicted octanol–water partition coefficient (Wildman–Crippen LogP) is 3.03. The van der Waals surface area contributed by atoms with Crippen LogP contribution in [0.15, 0.2) is 37.4 Å². The normalized spacial score (nSPS) is 9.58. The van der Waals surface area contributed by atoms with Crippen molar-refractivity contribution in [1.29, 1.82) is 0 Å². The highest BCUT2D eigenvalue weighted by Gasteiger charge is 2.17. The Morgan fingerprint density at radius 1 is 1.16 bits per heavy atom. The van der Waals surface area contributed by atoms with Crippen molar-refractivity contribution in [2.75, 3.05) is 20.3 Å². The van der Waals surface area contributed by atoms with E-state index < -0.39 is 0 Å². The molecule has 102 valence electrons. The minimum Gasteiger partial charge on any atom is -0.496 e. The first-order chi connectivity index (χ1) is 9.13. The second-order valence-electron chi connectivity index (χ2n) is 3.75. The number of carbonyl (C=O) groups excluding carboxylic acids is 1. The molecule has 0 aliphatic heterocycles. The maximum Gasteiger partial charge on any atom is 0.167 e. The van der Waals surface area contributed by atoms with Crippen LogP contribution in [0.2, 0.25) is 0 Å². The smallest absolute Gasteiger partial charge is 0.167 e. The minimum absolute atomic E-state index is 0.133. The van der Waals surface area contributed by atoms with Gasteiger partial charge in [-0.25, -0.2) is 0 Å². The molecule has 0 atom stereocenters. The van der Waals surface area contributed by atoms with Crippen molar-refractivity contribution in [3.8, 4) is 17.2 Å². The molecule has 0 aromatic heterocycles. The summed E-state index contributed by atoms with van der Waals surface area (Å²) in [5.74, 6) is 1.27. The molecule has 4 nitrogen and oxygen atoms in total. The molecule has 0 radical (unpaired) electrons. The number of ketones is 1. The SMILES string of the molecule is C=CCOc1cc(OC)c(C(C)=O)c(OCC=C)c1. The number of hydrogen-bond donors (Lipinski definition) is 0. The van der Waals surface area contributed by atoms with Crippen LogP contribution in [0.3, 0.4) is 0 Å². The van der Waals surface area contributed by atoms with Crippen LogP contribution in [0.4, 0.5) is 0 Å². The maximum absolute atomic E-state index is 11.7. The van der Waals surface area contributed by atoms with Crippen molar-refractivity contribution >= 4 is 5.78 Å². The number of rotatable bonds is 8. The highest BCUT2D eigenvalue weighted by atomic mass is 16.5. The van der Waals surface area contributed by atoms with E-state index in [4.69, 9.17) is 14.2 Å². The van der Waals surface area contributed by atoms with Crippen molar-refractivity contribution in [3.05, 3.63) is 43.0 Å². The molecule has 0 aliphatic rings. The first-order valence-electron chi connectivity index (χ1n) is 5.84. The summed E-state index contributed by atoms with van der Waals surface area (Å²) in [5, 5.41) is 0. The number of ether oxygens (including phenoxy) is 3. The predicted molar refractivity (Wildman–Crippen MR) is 74.4 cm³/mol. The van der Waals surface area contributed by atoms with Gasteiger partial charge in [0, 0.05) is 12.1 Å². The average Bonchev–Trinajstić information content (AvgIpc) is 2.41. The Balaban J connectivity index is 3.22. The molecule has 0 spiro atoms. The van der Waals surface area contributed by atoms with Crippen LogP contribution in [0, 0.1) is 0 Å². The summed E-state index contributed by atoms with van der Waals surface area (Å²) < 4.78 is 16.1. The van der Waals surface area contributed by atoms with E-state index in [2.05, 4.69) is 13.2 Å². The van der Waals surface area contributed by atoms with Crippen molar-refractivity contribution in [1.82, 2.24) is 0 Å². The van der Waals surface area contributed by atoms with Gasteiger partial charge in [-0.3, -0.25) is 4.79 Å². The van der Waals surface area contributed by atoms with Gasteiger partial charge in [-0.1, -0.05) is 25.3 Å². The van der Waals surface area contributed by atoms with Gasteiger partial charge in [0.2, 0.25) is 0 Å².